The first-order valence-electron chi connectivity index (χ1n) is 11.0. The average molecular weight is 490 g/mol. The average Bonchev–Trinajstić information content (AvgIpc) is 3.13. The van der Waals surface area contributed by atoms with Gasteiger partial charge in [0.1, 0.15) is 11.6 Å². The van der Waals surface area contributed by atoms with Gasteiger partial charge in [-0.1, -0.05) is 0 Å². The van der Waals surface area contributed by atoms with Crippen molar-refractivity contribution in [3.05, 3.63) is 48.0 Å². The molecule has 4 rings (SSSR count). The molecule has 11 heteroatoms. The van der Waals surface area contributed by atoms with Crippen LogP contribution in [0.25, 0.3) is 11.0 Å². The molecule has 1 amide bonds. The molecule has 0 bridgehead atoms. The van der Waals surface area contributed by atoms with Crippen LogP contribution in [0.2, 0.25) is 0 Å². The van der Waals surface area contributed by atoms with Crippen LogP contribution in [0.1, 0.15) is 12.2 Å². The summed E-state index contributed by atoms with van der Waals surface area (Å²) in [6.45, 7) is 2.38. The number of sulfonamides is 1. The van der Waals surface area contributed by atoms with Gasteiger partial charge in [0, 0.05) is 52.8 Å². The zero-order valence-corrected chi connectivity index (χ0v) is 20.2. The molecule has 0 atom stereocenters. The molecule has 0 aliphatic carbocycles. The molecule has 34 heavy (non-hydrogen) atoms. The number of benzene rings is 2. The summed E-state index contributed by atoms with van der Waals surface area (Å²) in [7, 11) is 1.21. The first kappa shape index (κ1) is 24.1. The molecular weight excluding hydrogens is 461 g/mol. The second-order valence-electron chi connectivity index (χ2n) is 8.34. The van der Waals surface area contributed by atoms with Crippen molar-refractivity contribution < 1.29 is 22.3 Å². The van der Waals surface area contributed by atoms with Gasteiger partial charge in [-0.15, -0.1) is 0 Å². The number of rotatable bonds is 7. The van der Waals surface area contributed by atoms with Crippen molar-refractivity contribution in [3.8, 4) is 0 Å². The highest BCUT2D eigenvalue weighted by Crippen LogP contribution is 2.25. The quantitative estimate of drug-likeness (QED) is 0.547. The van der Waals surface area contributed by atoms with Gasteiger partial charge in [0.2, 0.25) is 15.9 Å². The summed E-state index contributed by atoms with van der Waals surface area (Å²) in [5, 5.41) is 2.73. The molecule has 1 aromatic heterocycles. The van der Waals surface area contributed by atoms with E-state index in [9.17, 15) is 17.6 Å². The highest BCUT2D eigenvalue weighted by atomic mass is 32.2. The summed E-state index contributed by atoms with van der Waals surface area (Å²) in [5.74, 6) is -0.00150. The minimum atomic E-state index is -3.57. The largest absolute Gasteiger partial charge is 0.378 e. The van der Waals surface area contributed by atoms with Gasteiger partial charge in [-0.05, 0) is 36.4 Å². The number of aromatic nitrogens is 2. The van der Waals surface area contributed by atoms with E-state index in [-0.39, 0.29) is 17.2 Å². The number of carbonyl (C=O) groups excluding carboxylic acids is 1. The Morgan fingerprint density at radius 3 is 2.59 bits per heavy atom. The third kappa shape index (κ3) is 4.91. The topological polar surface area (TPSA) is 96.8 Å². The van der Waals surface area contributed by atoms with Crippen molar-refractivity contribution >= 4 is 38.3 Å². The number of anilines is 2. The number of ether oxygens (including phenoxy) is 1. The highest BCUT2D eigenvalue weighted by Gasteiger charge is 2.20. The van der Waals surface area contributed by atoms with E-state index >= 15 is 0 Å². The Morgan fingerprint density at radius 2 is 1.91 bits per heavy atom. The van der Waals surface area contributed by atoms with Crippen LogP contribution in [-0.2, 0) is 33.0 Å². The monoisotopic (exact) mass is 489 g/mol. The molecular formula is C23H28FN5O4S. The van der Waals surface area contributed by atoms with Gasteiger partial charge in [-0.2, -0.15) is 0 Å². The van der Waals surface area contributed by atoms with E-state index in [1.807, 2.05) is 16.5 Å². The second kappa shape index (κ2) is 9.69. The Morgan fingerprint density at radius 1 is 1.18 bits per heavy atom. The fourth-order valence-corrected chi connectivity index (χ4v) is 4.84. The highest BCUT2D eigenvalue weighted by molar-refractivity contribution is 7.89. The zero-order chi connectivity index (χ0) is 24.5. The van der Waals surface area contributed by atoms with E-state index in [1.54, 1.807) is 24.3 Å². The standard InChI is InChI=1S/C23H28FN5O4S/c1-27(2)34(31,32)17-5-7-21-19(15-17)26-22(28(21)3)8-9-23(30)25-16-4-6-20(18(24)14-16)29-10-12-33-13-11-29/h4-7,14-15H,8-13H2,1-3H3,(H,25,30). The summed E-state index contributed by atoms with van der Waals surface area (Å²) in [6, 6.07) is 9.47. The van der Waals surface area contributed by atoms with Crippen LogP contribution in [-0.4, -0.2) is 68.6 Å². The van der Waals surface area contributed by atoms with Crippen LogP contribution in [0.3, 0.4) is 0 Å². The molecule has 2 heterocycles. The molecule has 2 aromatic carbocycles. The molecule has 1 saturated heterocycles. The number of hydrogen-bond acceptors (Lipinski definition) is 6. The van der Waals surface area contributed by atoms with E-state index in [0.29, 0.717) is 55.4 Å². The maximum atomic E-state index is 14.6. The van der Waals surface area contributed by atoms with Gasteiger partial charge in [0.25, 0.3) is 0 Å². The number of aryl methyl sites for hydroxylation is 2. The third-order valence-electron chi connectivity index (χ3n) is 5.88. The maximum absolute atomic E-state index is 14.6. The van der Waals surface area contributed by atoms with Gasteiger partial charge in [0.05, 0.1) is 34.8 Å². The summed E-state index contributed by atoms with van der Waals surface area (Å²) in [4.78, 5) is 19.1. The van der Waals surface area contributed by atoms with Gasteiger partial charge < -0.3 is 19.5 Å². The summed E-state index contributed by atoms with van der Waals surface area (Å²) < 4.78 is 47.7. The molecule has 1 aliphatic rings. The van der Waals surface area contributed by atoms with Crippen LogP contribution >= 0.6 is 0 Å². The van der Waals surface area contributed by atoms with Crippen molar-refractivity contribution in [2.45, 2.75) is 17.7 Å². The Bertz CT molecular complexity index is 1320. The number of amides is 1. The first-order valence-corrected chi connectivity index (χ1v) is 12.4. The molecule has 0 unspecified atom stereocenters. The fraction of sp³-hybridized carbons (Fsp3) is 0.391. The molecule has 1 N–H and O–H groups in total. The third-order valence-corrected chi connectivity index (χ3v) is 7.69. The van der Waals surface area contributed by atoms with Gasteiger partial charge >= 0.3 is 0 Å². The van der Waals surface area contributed by atoms with Crippen molar-refractivity contribution in [2.24, 2.45) is 7.05 Å². The zero-order valence-electron chi connectivity index (χ0n) is 19.4. The van der Waals surface area contributed by atoms with Gasteiger partial charge in [0.15, 0.2) is 0 Å². The Balaban J connectivity index is 1.42. The van der Waals surface area contributed by atoms with Crippen LogP contribution in [0.4, 0.5) is 15.8 Å². The number of halogens is 1. The minimum absolute atomic E-state index is 0.146. The number of nitrogens with one attached hydrogen (secondary N) is 1. The predicted octanol–water partition coefficient (Wildman–Crippen LogP) is 2.37. The molecule has 0 saturated carbocycles. The van der Waals surface area contributed by atoms with Crippen molar-refractivity contribution in [3.63, 3.8) is 0 Å². The number of carbonyl (C=O) groups is 1. The van der Waals surface area contributed by atoms with E-state index in [1.165, 1.54) is 26.2 Å². The summed E-state index contributed by atoms with van der Waals surface area (Å²) in [5.41, 5.74) is 2.20. The van der Waals surface area contributed by atoms with Crippen LogP contribution < -0.4 is 10.2 Å². The lowest BCUT2D eigenvalue weighted by Gasteiger charge is -2.29. The van der Waals surface area contributed by atoms with E-state index < -0.39 is 15.8 Å². The van der Waals surface area contributed by atoms with Crippen molar-refractivity contribution in [1.82, 2.24) is 13.9 Å². The molecule has 0 spiro atoms. The smallest absolute Gasteiger partial charge is 0.242 e. The number of nitrogens with zero attached hydrogens (tertiary/aromatic N) is 4. The SMILES string of the molecule is CN(C)S(=O)(=O)c1ccc2c(c1)nc(CCC(=O)Nc1ccc(N3CCOCC3)c(F)c1)n2C. The molecule has 3 aromatic rings. The molecule has 1 aliphatic heterocycles. The summed E-state index contributed by atoms with van der Waals surface area (Å²) in [6.07, 6.45) is 0.494. The van der Waals surface area contributed by atoms with Crippen LogP contribution in [0.5, 0.6) is 0 Å². The number of fused-ring (bicyclic) bond motifs is 1. The van der Waals surface area contributed by atoms with Gasteiger partial charge in [-0.25, -0.2) is 22.1 Å². The van der Waals surface area contributed by atoms with Gasteiger partial charge in [-0.3, -0.25) is 4.79 Å². The normalized spacial score (nSPS) is 14.7. The predicted molar refractivity (Wildman–Crippen MR) is 128 cm³/mol. The van der Waals surface area contributed by atoms with E-state index in [0.717, 1.165) is 9.82 Å². The molecule has 182 valence electrons. The number of morpholine rings is 1. The number of hydrogen-bond donors (Lipinski definition) is 1. The lowest BCUT2D eigenvalue weighted by atomic mass is 10.2. The minimum Gasteiger partial charge on any atom is -0.378 e. The molecule has 0 radical (unpaired) electrons. The molecule has 1 fully saturated rings. The van der Waals surface area contributed by atoms with Crippen molar-refractivity contribution in [1.29, 1.82) is 0 Å². The Hall–Kier alpha value is -3.02. The lowest BCUT2D eigenvalue weighted by Crippen LogP contribution is -2.36. The fourth-order valence-electron chi connectivity index (χ4n) is 3.92. The maximum Gasteiger partial charge on any atom is 0.242 e. The second-order valence-corrected chi connectivity index (χ2v) is 10.5. The van der Waals surface area contributed by atoms with Crippen molar-refractivity contribution in [2.75, 3.05) is 50.6 Å². The van der Waals surface area contributed by atoms with E-state index in [2.05, 4.69) is 10.3 Å². The first-order chi connectivity index (χ1) is 16.2. The number of imidazole rings is 1. The van der Waals surface area contributed by atoms with Crippen LogP contribution in [0.15, 0.2) is 41.3 Å². The summed E-state index contributed by atoms with van der Waals surface area (Å²) >= 11 is 0. The Labute approximate surface area is 198 Å². The Kier molecular flexibility index (Phi) is 6.87. The lowest BCUT2D eigenvalue weighted by molar-refractivity contribution is -0.116. The van der Waals surface area contributed by atoms with Crippen LogP contribution in [0, 0.1) is 5.82 Å². The van der Waals surface area contributed by atoms with E-state index in [4.69, 9.17) is 4.74 Å². The molecule has 9 nitrogen and oxygen atoms in total.